The molecule has 0 amide bonds. The number of aryl methyl sites for hydroxylation is 1. The number of rotatable bonds is 18. The molecule has 0 spiro atoms. The first kappa shape index (κ1) is 50.5. The van der Waals surface area contributed by atoms with E-state index in [1.807, 2.05) is 24.3 Å². The Balaban J connectivity index is 1.11. The number of hydrogen-bond donors (Lipinski definition) is 0. The molecular weight excluding hydrogens is 891 g/mol. The number of allylic oxidation sites excluding steroid dienone is 20. The highest BCUT2D eigenvalue weighted by Crippen LogP contribution is 2.58. The molecule has 3 aliphatic rings. The van der Waals surface area contributed by atoms with Gasteiger partial charge in [0.15, 0.2) is 0 Å². The zero-order chi connectivity index (χ0) is 51.4. The standard InChI is InChI=1S/C73H67N/c1-8-26-55(56-31-16-14-17-32-56)48-49-74(65-37-25-34-61(51-65)67-40-24-30-53(7)72(67)66-38-21-20-33-59(66)27-9-2)64(13-6)50-54(12-5)57-42-44-58(45-43-57)60-46-47-71-69(52-60)68-39-22-23-41-70(68)73(71,62(28-10-3)29-11-4)63-35-18-15-19-36-63/h8,10-11,13-14,16-18,21-26,28-32,34-52H,1,3,5-6,9,15,19-20,27,33H2,2,4,7H3/b29-11-,49-48-,55-26+,62-28+,64-50+. The van der Waals surface area contributed by atoms with Crippen molar-refractivity contribution in [2.75, 3.05) is 4.90 Å². The molecule has 0 heterocycles. The highest BCUT2D eigenvalue weighted by molar-refractivity contribution is 5.92. The first-order valence-electron chi connectivity index (χ1n) is 26.2. The highest BCUT2D eigenvalue weighted by Gasteiger charge is 2.47. The van der Waals surface area contributed by atoms with Gasteiger partial charge in [-0.05, 0) is 171 Å². The summed E-state index contributed by atoms with van der Waals surface area (Å²) in [6, 6.07) is 50.8. The third-order valence-corrected chi connectivity index (χ3v) is 14.7. The fourth-order valence-corrected chi connectivity index (χ4v) is 11.3. The topological polar surface area (TPSA) is 3.24 Å². The van der Waals surface area contributed by atoms with E-state index in [4.69, 9.17) is 0 Å². The normalized spacial score (nSPS) is 16.5. The number of nitrogens with zero attached hydrogens (tertiary/aromatic N) is 1. The van der Waals surface area contributed by atoms with Gasteiger partial charge in [-0.1, -0.05) is 233 Å². The van der Waals surface area contributed by atoms with E-state index in [1.54, 1.807) is 5.57 Å². The second-order valence-electron chi connectivity index (χ2n) is 19.2. The van der Waals surface area contributed by atoms with Gasteiger partial charge in [-0.2, -0.15) is 0 Å². The van der Waals surface area contributed by atoms with Crippen LogP contribution in [0.2, 0.25) is 0 Å². The van der Waals surface area contributed by atoms with Gasteiger partial charge in [0.1, 0.15) is 0 Å². The molecule has 6 aromatic rings. The summed E-state index contributed by atoms with van der Waals surface area (Å²) in [6.07, 6.45) is 39.1. The summed E-state index contributed by atoms with van der Waals surface area (Å²) in [5, 5.41) is 0. The Hall–Kier alpha value is -8.48. The Bertz CT molecular complexity index is 3450. The average Bonchev–Trinajstić information content (AvgIpc) is 3.75. The van der Waals surface area contributed by atoms with Crippen LogP contribution in [0.15, 0.2) is 285 Å². The van der Waals surface area contributed by atoms with Gasteiger partial charge in [-0.25, -0.2) is 0 Å². The lowest BCUT2D eigenvalue weighted by Crippen LogP contribution is -2.30. The molecule has 74 heavy (non-hydrogen) atoms. The Labute approximate surface area is 441 Å². The molecule has 1 nitrogen and oxygen atoms in total. The Kier molecular flexibility index (Phi) is 15.9. The van der Waals surface area contributed by atoms with Gasteiger partial charge in [-0.3, -0.25) is 0 Å². The van der Waals surface area contributed by atoms with Crippen molar-refractivity contribution in [2.45, 2.75) is 64.7 Å². The molecule has 0 fully saturated rings. The Morgan fingerprint density at radius 3 is 2.16 bits per heavy atom. The second kappa shape index (κ2) is 23.4. The molecule has 3 aliphatic carbocycles. The maximum Gasteiger partial charge on any atom is 0.0710 e. The fraction of sp³-hybridized carbons (Fsp3) is 0.137. The van der Waals surface area contributed by atoms with Gasteiger partial charge in [0.05, 0.1) is 5.41 Å². The van der Waals surface area contributed by atoms with Crippen LogP contribution >= 0.6 is 0 Å². The van der Waals surface area contributed by atoms with E-state index in [0.29, 0.717) is 0 Å². The van der Waals surface area contributed by atoms with Gasteiger partial charge in [0.2, 0.25) is 0 Å². The van der Waals surface area contributed by atoms with Gasteiger partial charge in [0, 0.05) is 23.2 Å². The van der Waals surface area contributed by atoms with E-state index in [0.717, 1.165) is 88.9 Å². The highest BCUT2D eigenvalue weighted by atomic mass is 15.1. The predicted molar refractivity (Wildman–Crippen MR) is 322 cm³/mol. The van der Waals surface area contributed by atoms with E-state index in [2.05, 4.69) is 264 Å². The summed E-state index contributed by atoms with van der Waals surface area (Å²) < 4.78 is 0. The van der Waals surface area contributed by atoms with Gasteiger partial charge in [-0.15, -0.1) is 5.73 Å². The van der Waals surface area contributed by atoms with Gasteiger partial charge >= 0.3 is 0 Å². The summed E-state index contributed by atoms with van der Waals surface area (Å²) in [7, 11) is 0. The molecule has 364 valence electrons. The summed E-state index contributed by atoms with van der Waals surface area (Å²) in [6.45, 7) is 23.5. The van der Waals surface area contributed by atoms with E-state index in [9.17, 15) is 0 Å². The van der Waals surface area contributed by atoms with Crippen molar-refractivity contribution >= 4 is 22.4 Å². The van der Waals surface area contributed by atoms with Crippen LogP contribution in [-0.4, -0.2) is 0 Å². The molecule has 6 aromatic carbocycles. The monoisotopic (exact) mass is 958 g/mol. The molecule has 0 bridgehead atoms. The van der Waals surface area contributed by atoms with Crippen LogP contribution < -0.4 is 4.90 Å². The maximum absolute atomic E-state index is 4.40. The molecule has 1 heteroatoms. The van der Waals surface area contributed by atoms with Crippen molar-refractivity contribution in [1.82, 2.24) is 0 Å². The smallest absolute Gasteiger partial charge is 0.0710 e. The lowest BCUT2D eigenvalue weighted by atomic mass is 9.65. The number of hydrogen-bond acceptors (Lipinski definition) is 1. The van der Waals surface area contributed by atoms with Crippen molar-refractivity contribution in [3.05, 3.63) is 319 Å². The molecule has 1 unspecified atom stereocenters. The maximum atomic E-state index is 4.40. The molecular formula is C73H67N. The van der Waals surface area contributed by atoms with Crippen LogP contribution in [0.1, 0.15) is 85.8 Å². The van der Waals surface area contributed by atoms with Crippen molar-refractivity contribution in [1.29, 1.82) is 0 Å². The van der Waals surface area contributed by atoms with E-state index < -0.39 is 5.41 Å². The molecule has 0 N–H and O–H groups in total. The van der Waals surface area contributed by atoms with Crippen LogP contribution in [0.4, 0.5) is 5.69 Å². The van der Waals surface area contributed by atoms with Crippen LogP contribution in [-0.2, 0) is 5.41 Å². The first-order chi connectivity index (χ1) is 36.4. The van der Waals surface area contributed by atoms with Crippen molar-refractivity contribution < 1.29 is 0 Å². The molecule has 1 atom stereocenters. The third-order valence-electron chi connectivity index (χ3n) is 14.7. The molecule has 0 saturated heterocycles. The zero-order valence-corrected chi connectivity index (χ0v) is 43.5. The van der Waals surface area contributed by atoms with Crippen molar-refractivity contribution in [3.63, 3.8) is 0 Å². The largest absolute Gasteiger partial charge is 0.317 e. The van der Waals surface area contributed by atoms with Crippen LogP contribution in [0.3, 0.4) is 0 Å². The van der Waals surface area contributed by atoms with E-state index in [-0.39, 0.29) is 0 Å². The Morgan fingerprint density at radius 2 is 1.42 bits per heavy atom. The third kappa shape index (κ3) is 10.0. The van der Waals surface area contributed by atoms with Crippen LogP contribution in [0.5, 0.6) is 0 Å². The summed E-state index contributed by atoms with van der Waals surface area (Å²) in [4.78, 5) is 2.22. The van der Waals surface area contributed by atoms with Gasteiger partial charge in [0.25, 0.3) is 0 Å². The number of benzene rings is 6. The molecule has 0 aromatic heterocycles. The van der Waals surface area contributed by atoms with Crippen molar-refractivity contribution in [2.24, 2.45) is 0 Å². The SMILES string of the molecule is C=C=C(/C=C(\C=C)N(/C=C\C(=C/C=C)c1ccccc1)c1cccc(-c2cccc(C)c2C2=C(CCC)CCC=C2)c1)c1ccc(-c2ccc3c(c2)-c2ccccc2C3(C2=CCCC=C2)C(/C=C\C)=C/C=C)cc1. The number of fused-ring (bicyclic) bond motifs is 3. The lowest BCUT2D eigenvalue weighted by Gasteiger charge is -2.36. The molecule has 0 aliphatic heterocycles. The molecule has 9 rings (SSSR count). The summed E-state index contributed by atoms with van der Waals surface area (Å²) >= 11 is 0. The minimum absolute atomic E-state index is 0.452. The second-order valence-corrected chi connectivity index (χ2v) is 19.2. The van der Waals surface area contributed by atoms with Crippen molar-refractivity contribution in [3.8, 4) is 33.4 Å². The minimum atomic E-state index is -0.452. The average molecular weight is 958 g/mol. The Morgan fingerprint density at radius 1 is 0.676 bits per heavy atom. The lowest BCUT2D eigenvalue weighted by molar-refractivity contribution is 0.750. The van der Waals surface area contributed by atoms with E-state index >= 15 is 0 Å². The predicted octanol–water partition coefficient (Wildman–Crippen LogP) is 20.0. The fourth-order valence-electron chi connectivity index (χ4n) is 11.3. The van der Waals surface area contributed by atoms with E-state index in [1.165, 1.54) is 55.7 Å². The quantitative estimate of drug-likeness (QED) is 0.0613. The van der Waals surface area contributed by atoms with Crippen LogP contribution in [0.25, 0.3) is 50.1 Å². The summed E-state index contributed by atoms with van der Waals surface area (Å²) in [5.41, 5.74) is 26.6. The molecule has 0 radical (unpaired) electrons. The van der Waals surface area contributed by atoms with Crippen LogP contribution in [0, 0.1) is 6.92 Å². The summed E-state index contributed by atoms with van der Waals surface area (Å²) in [5.74, 6) is 0. The number of anilines is 1. The molecule has 0 saturated carbocycles. The zero-order valence-electron chi connectivity index (χ0n) is 43.5. The minimum Gasteiger partial charge on any atom is -0.317 e. The first-order valence-corrected chi connectivity index (χ1v) is 26.2. The van der Waals surface area contributed by atoms with Gasteiger partial charge < -0.3 is 4.90 Å².